The third kappa shape index (κ3) is 5.41. The van der Waals surface area contributed by atoms with Gasteiger partial charge in [-0.05, 0) is 35.9 Å². The molecule has 0 unspecified atom stereocenters. The van der Waals surface area contributed by atoms with Crippen molar-refractivity contribution in [3.63, 3.8) is 0 Å². The standard InChI is InChI=1S/C20H19N3O5/c24-18(23-12-11-22-20(23)26)14-28-19(25)9-6-15-4-7-17(8-5-15)27-13-16-3-1-2-10-21-16/h1-10H,11-14H2,(H,22,26). The molecule has 144 valence electrons. The van der Waals surface area contributed by atoms with E-state index in [4.69, 9.17) is 9.47 Å². The summed E-state index contributed by atoms with van der Waals surface area (Å²) < 4.78 is 10.5. The second-order valence-electron chi connectivity index (χ2n) is 5.90. The number of ether oxygens (including phenoxy) is 2. The van der Waals surface area contributed by atoms with Gasteiger partial charge in [0.25, 0.3) is 5.91 Å². The van der Waals surface area contributed by atoms with Gasteiger partial charge in [0.2, 0.25) is 0 Å². The van der Waals surface area contributed by atoms with Gasteiger partial charge in [-0.3, -0.25) is 14.7 Å². The van der Waals surface area contributed by atoms with Gasteiger partial charge in [-0.25, -0.2) is 9.59 Å². The molecule has 0 saturated carbocycles. The number of hydrogen-bond acceptors (Lipinski definition) is 6. The summed E-state index contributed by atoms with van der Waals surface area (Å²) in [4.78, 5) is 40.1. The van der Waals surface area contributed by atoms with Crippen LogP contribution in [0.5, 0.6) is 5.75 Å². The van der Waals surface area contributed by atoms with E-state index in [-0.39, 0.29) is 6.54 Å². The van der Waals surface area contributed by atoms with Crippen molar-refractivity contribution in [1.29, 1.82) is 0 Å². The Kier molecular flexibility index (Phi) is 6.35. The van der Waals surface area contributed by atoms with E-state index in [0.717, 1.165) is 16.2 Å². The molecule has 2 aromatic rings. The minimum atomic E-state index is -0.663. The van der Waals surface area contributed by atoms with Gasteiger partial charge in [-0.2, -0.15) is 0 Å². The Balaban J connectivity index is 1.44. The first-order valence-corrected chi connectivity index (χ1v) is 8.67. The van der Waals surface area contributed by atoms with Crippen LogP contribution >= 0.6 is 0 Å². The van der Waals surface area contributed by atoms with Crippen LogP contribution in [0.25, 0.3) is 6.08 Å². The average molecular weight is 381 g/mol. The smallest absolute Gasteiger partial charge is 0.331 e. The molecule has 1 aromatic carbocycles. The monoisotopic (exact) mass is 381 g/mol. The lowest BCUT2D eigenvalue weighted by Gasteiger charge is -2.11. The number of rotatable bonds is 7. The first-order valence-electron chi connectivity index (χ1n) is 8.67. The van der Waals surface area contributed by atoms with Crippen molar-refractivity contribution in [2.45, 2.75) is 6.61 Å². The van der Waals surface area contributed by atoms with Gasteiger partial charge in [0.05, 0.1) is 5.69 Å². The number of urea groups is 1. The van der Waals surface area contributed by atoms with Crippen LogP contribution in [0.3, 0.4) is 0 Å². The molecule has 0 radical (unpaired) electrons. The average Bonchev–Trinajstić information content (AvgIpc) is 3.16. The lowest BCUT2D eigenvalue weighted by Crippen LogP contribution is -2.37. The zero-order valence-electron chi connectivity index (χ0n) is 15.0. The van der Waals surface area contributed by atoms with Gasteiger partial charge in [-0.1, -0.05) is 18.2 Å². The second kappa shape index (κ2) is 9.31. The molecule has 0 atom stereocenters. The van der Waals surface area contributed by atoms with Crippen molar-refractivity contribution in [1.82, 2.24) is 15.2 Å². The van der Waals surface area contributed by atoms with E-state index >= 15 is 0 Å². The van der Waals surface area contributed by atoms with Gasteiger partial charge >= 0.3 is 12.0 Å². The number of carbonyl (C=O) groups is 3. The first kappa shape index (κ1) is 19.1. The number of hydrogen-bond donors (Lipinski definition) is 1. The van der Waals surface area contributed by atoms with Crippen molar-refractivity contribution in [3.05, 3.63) is 66.0 Å². The maximum absolute atomic E-state index is 11.8. The third-order valence-electron chi connectivity index (χ3n) is 3.90. The van der Waals surface area contributed by atoms with Crippen molar-refractivity contribution < 1.29 is 23.9 Å². The van der Waals surface area contributed by atoms with E-state index in [1.807, 2.05) is 18.2 Å². The maximum Gasteiger partial charge on any atom is 0.331 e. The molecule has 1 fully saturated rings. The lowest BCUT2D eigenvalue weighted by molar-refractivity contribution is -0.146. The summed E-state index contributed by atoms with van der Waals surface area (Å²) in [6, 6.07) is 12.3. The number of pyridine rings is 1. The molecule has 1 aliphatic heterocycles. The van der Waals surface area contributed by atoms with E-state index < -0.39 is 24.5 Å². The highest BCUT2D eigenvalue weighted by atomic mass is 16.5. The Morgan fingerprint density at radius 3 is 2.68 bits per heavy atom. The molecule has 8 nitrogen and oxygen atoms in total. The van der Waals surface area contributed by atoms with Gasteiger partial charge in [0, 0.05) is 25.4 Å². The molecule has 28 heavy (non-hydrogen) atoms. The molecule has 3 amide bonds. The summed E-state index contributed by atoms with van der Waals surface area (Å²) in [6.45, 7) is 0.572. The number of imide groups is 1. The maximum atomic E-state index is 11.8. The normalized spacial score (nSPS) is 13.4. The van der Waals surface area contributed by atoms with E-state index in [0.29, 0.717) is 18.9 Å². The fourth-order valence-electron chi connectivity index (χ4n) is 2.45. The number of benzene rings is 1. The molecule has 1 aromatic heterocycles. The van der Waals surface area contributed by atoms with Gasteiger partial charge < -0.3 is 14.8 Å². The SMILES string of the molecule is O=C(C=Cc1ccc(OCc2ccccn2)cc1)OCC(=O)N1CCNC1=O. The molecular formula is C20H19N3O5. The van der Waals surface area contributed by atoms with E-state index in [1.165, 1.54) is 6.08 Å². The first-order chi connectivity index (χ1) is 13.6. The molecule has 0 aliphatic carbocycles. The summed E-state index contributed by atoms with van der Waals surface area (Å²) in [5.41, 5.74) is 1.60. The highest BCUT2D eigenvalue weighted by Gasteiger charge is 2.26. The van der Waals surface area contributed by atoms with Crippen LogP contribution in [0.4, 0.5) is 4.79 Å². The Bertz CT molecular complexity index is 865. The Hall–Kier alpha value is -3.68. The van der Waals surface area contributed by atoms with E-state index in [2.05, 4.69) is 10.3 Å². The summed E-state index contributed by atoms with van der Waals surface area (Å²) in [7, 11) is 0. The summed E-state index contributed by atoms with van der Waals surface area (Å²) in [5.74, 6) is -0.533. The number of nitrogens with zero attached hydrogens (tertiary/aromatic N) is 2. The zero-order valence-corrected chi connectivity index (χ0v) is 15.0. The highest BCUT2D eigenvalue weighted by Crippen LogP contribution is 2.14. The lowest BCUT2D eigenvalue weighted by atomic mass is 10.2. The zero-order chi connectivity index (χ0) is 19.8. The largest absolute Gasteiger partial charge is 0.487 e. The highest BCUT2D eigenvalue weighted by molar-refractivity contribution is 5.97. The minimum Gasteiger partial charge on any atom is -0.487 e. The topological polar surface area (TPSA) is 97.8 Å². The third-order valence-corrected chi connectivity index (χ3v) is 3.90. The van der Waals surface area contributed by atoms with Crippen LogP contribution in [0.1, 0.15) is 11.3 Å². The fourth-order valence-corrected chi connectivity index (χ4v) is 2.45. The van der Waals surface area contributed by atoms with Crippen LogP contribution in [-0.4, -0.2) is 47.5 Å². The Labute approximate surface area is 161 Å². The predicted molar refractivity (Wildman–Crippen MR) is 100 cm³/mol. The Morgan fingerprint density at radius 2 is 2.00 bits per heavy atom. The van der Waals surface area contributed by atoms with E-state index in [1.54, 1.807) is 36.5 Å². The fraction of sp³-hybridized carbons (Fsp3) is 0.200. The minimum absolute atomic E-state index is 0.278. The van der Waals surface area contributed by atoms with Crippen LogP contribution in [0.2, 0.25) is 0 Å². The van der Waals surface area contributed by atoms with Crippen molar-refractivity contribution in [2.24, 2.45) is 0 Å². The number of esters is 1. The number of amides is 3. The molecule has 1 aliphatic rings. The summed E-state index contributed by atoms with van der Waals surface area (Å²) in [6.07, 6.45) is 4.50. The second-order valence-corrected chi connectivity index (χ2v) is 5.90. The van der Waals surface area contributed by atoms with Gasteiger partial charge in [-0.15, -0.1) is 0 Å². The number of aromatic nitrogens is 1. The molecule has 3 rings (SSSR count). The molecule has 1 N–H and O–H groups in total. The van der Waals surface area contributed by atoms with Gasteiger partial charge in [0.1, 0.15) is 12.4 Å². The Morgan fingerprint density at radius 1 is 1.18 bits per heavy atom. The molecule has 8 heteroatoms. The van der Waals surface area contributed by atoms with Crippen molar-refractivity contribution >= 4 is 24.0 Å². The summed E-state index contributed by atoms with van der Waals surface area (Å²) in [5, 5.41) is 2.51. The van der Waals surface area contributed by atoms with Crippen LogP contribution in [0.15, 0.2) is 54.7 Å². The summed E-state index contributed by atoms with van der Waals surface area (Å²) >= 11 is 0. The van der Waals surface area contributed by atoms with Gasteiger partial charge in [0.15, 0.2) is 6.61 Å². The van der Waals surface area contributed by atoms with Crippen molar-refractivity contribution in [2.75, 3.05) is 19.7 Å². The van der Waals surface area contributed by atoms with Crippen molar-refractivity contribution in [3.8, 4) is 5.75 Å². The van der Waals surface area contributed by atoms with Crippen LogP contribution in [-0.2, 0) is 20.9 Å². The predicted octanol–water partition coefficient (Wildman–Crippen LogP) is 1.77. The van der Waals surface area contributed by atoms with Crippen LogP contribution < -0.4 is 10.1 Å². The van der Waals surface area contributed by atoms with Crippen LogP contribution in [0, 0.1) is 0 Å². The molecule has 2 heterocycles. The molecule has 0 bridgehead atoms. The van der Waals surface area contributed by atoms with E-state index in [9.17, 15) is 14.4 Å². The quantitative estimate of drug-likeness (QED) is 0.580. The number of carbonyl (C=O) groups excluding carboxylic acids is 3. The molecule has 1 saturated heterocycles. The number of nitrogens with one attached hydrogen (secondary N) is 1. The molecule has 0 spiro atoms. The molecular weight excluding hydrogens is 362 g/mol.